The first-order valence-electron chi connectivity index (χ1n) is 11.3. The lowest BCUT2D eigenvalue weighted by Gasteiger charge is -2.39. The summed E-state index contributed by atoms with van der Waals surface area (Å²) in [6.45, 7) is 9.48. The van der Waals surface area contributed by atoms with E-state index in [-0.39, 0.29) is 5.92 Å². The third-order valence-electron chi connectivity index (χ3n) is 6.57. The van der Waals surface area contributed by atoms with Crippen molar-refractivity contribution in [2.24, 2.45) is 5.92 Å². The van der Waals surface area contributed by atoms with E-state index in [9.17, 15) is 4.79 Å². The minimum Gasteiger partial charge on any atom is -0.368 e. The van der Waals surface area contributed by atoms with Crippen molar-refractivity contribution in [2.45, 2.75) is 26.7 Å². The number of aryl methyl sites for hydroxylation is 2. The van der Waals surface area contributed by atoms with Crippen molar-refractivity contribution in [1.29, 1.82) is 0 Å². The monoisotopic (exact) mass is 434 g/mol. The Bertz CT molecular complexity index is 1070. The zero-order chi connectivity index (χ0) is 21.4. The highest BCUT2D eigenvalue weighted by atomic mass is 32.1. The predicted octanol–water partition coefficient (Wildman–Crippen LogP) is 4.48. The van der Waals surface area contributed by atoms with Gasteiger partial charge in [0, 0.05) is 45.0 Å². The number of fused-ring (bicyclic) bond motifs is 1. The van der Waals surface area contributed by atoms with Crippen LogP contribution in [0.2, 0.25) is 0 Å². The molecule has 3 heterocycles. The minimum atomic E-state index is 0.0758. The molecule has 6 heteroatoms. The number of hydrogen-bond acceptors (Lipinski definition) is 5. The average molecular weight is 435 g/mol. The Balaban J connectivity index is 1.24. The number of rotatable bonds is 3. The van der Waals surface area contributed by atoms with Gasteiger partial charge in [0.25, 0.3) is 0 Å². The number of benzene rings is 2. The Morgan fingerprint density at radius 3 is 2.55 bits per heavy atom. The predicted molar refractivity (Wildman–Crippen MR) is 129 cm³/mol. The number of aromatic nitrogens is 1. The van der Waals surface area contributed by atoms with Gasteiger partial charge >= 0.3 is 0 Å². The van der Waals surface area contributed by atoms with E-state index in [2.05, 4.69) is 64.9 Å². The number of thiazole rings is 1. The van der Waals surface area contributed by atoms with E-state index in [4.69, 9.17) is 4.98 Å². The molecule has 2 aliphatic rings. The number of amides is 1. The van der Waals surface area contributed by atoms with Crippen LogP contribution in [-0.2, 0) is 4.79 Å². The van der Waals surface area contributed by atoms with E-state index >= 15 is 0 Å². The summed E-state index contributed by atoms with van der Waals surface area (Å²) in [5.41, 5.74) is 4.87. The molecule has 2 saturated heterocycles. The number of para-hydroxylation sites is 1. The van der Waals surface area contributed by atoms with Gasteiger partial charge < -0.3 is 14.7 Å². The molecule has 1 atom stereocenters. The number of carbonyl (C=O) groups is 1. The number of piperazine rings is 1. The molecule has 2 aliphatic heterocycles. The molecule has 1 aromatic heterocycles. The van der Waals surface area contributed by atoms with Crippen LogP contribution in [0.3, 0.4) is 0 Å². The van der Waals surface area contributed by atoms with Gasteiger partial charge in [0.15, 0.2) is 5.13 Å². The van der Waals surface area contributed by atoms with Crippen molar-refractivity contribution in [3.8, 4) is 0 Å². The molecule has 5 rings (SSSR count). The molecule has 162 valence electrons. The van der Waals surface area contributed by atoms with Crippen LogP contribution in [0.4, 0.5) is 10.8 Å². The van der Waals surface area contributed by atoms with Crippen LogP contribution in [-0.4, -0.2) is 55.1 Å². The SMILES string of the molecule is Cc1cc(C)c2nc(N3CCCC(C(=O)N4CCN(c5ccccc5)CC4)C3)sc2c1. The van der Waals surface area contributed by atoms with Crippen LogP contribution in [0.25, 0.3) is 10.2 Å². The van der Waals surface area contributed by atoms with Gasteiger partial charge in [0.2, 0.25) is 5.91 Å². The highest BCUT2D eigenvalue weighted by Crippen LogP contribution is 2.34. The molecule has 2 fully saturated rings. The normalized spacial score (nSPS) is 19.8. The number of nitrogens with zero attached hydrogens (tertiary/aromatic N) is 4. The maximum absolute atomic E-state index is 13.3. The Hall–Kier alpha value is -2.60. The standard InChI is InChI=1S/C25H30N4OS/c1-18-15-19(2)23-22(16-18)31-25(26-23)29-10-6-7-20(17-29)24(30)28-13-11-27(12-14-28)21-8-4-3-5-9-21/h3-5,8-9,15-16,20H,6-7,10-14,17H2,1-2H3. The second-order valence-electron chi connectivity index (χ2n) is 8.86. The van der Waals surface area contributed by atoms with Gasteiger partial charge in [-0.2, -0.15) is 0 Å². The third kappa shape index (κ3) is 4.13. The lowest BCUT2D eigenvalue weighted by molar-refractivity contribution is -0.136. The molecule has 0 saturated carbocycles. The molecular weight excluding hydrogens is 404 g/mol. The molecule has 0 radical (unpaired) electrons. The van der Waals surface area contributed by atoms with Crippen molar-refractivity contribution >= 4 is 38.3 Å². The minimum absolute atomic E-state index is 0.0758. The maximum atomic E-state index is 13.3. The molecule has 0 bridgehead atoms. The van der Waals surface area contributed by atoms with Crippen LogP contribution >= 0.6 is 11.3 Å². The van der Waals surface area contributed by atoms with Gasteiger partial charge in [-0.15, -0.1) is 0 Å². The first kappa shape index (κ1) is 20.3. The van der Waals surface area contributed by atoms with Crippen LogP contribution in [0.15, 0.2) is 42.5 Å². The first-order chi connectivity index (χ1) is 15.1. The number of carbonyl (C=O) groups excluding carboxylic acids is 1. The van der Waals surface area contributed by atoms with Gasteiger partial charge in [-0.05, 0) is 56.0 Å². The van der Waals surface area contributed by atoms with E-state index in [1.807, 2.05) is 6.07 Å². The molecule has 31 heavy (non-hydrogen) atoms. The average Bonchev–Trinajstić information content (AvgIpc) is 3.24. The van der Waals surface area contributed by atoms with E-state index in [0.29, 0.717) is 5.91 Å². The summed E-state index contributed by atoms with van der Waals surface area (Å²) in [7, 11) is 0. The summed E-state index contributed by atoms with van der Waals surface area (Å²) in [4.78, 5) is 25.0. The number of piperidine rings is 1. The van der Waals surface area contributed by atoms with Crippen molar-refractivity contribution in [1.82, 2.24) is 9.88 Å². The fraction of sp³-hybridized carbons (Fsp3) is 0.440. The van der Waals surface area contributed by atoms with Gasteiger partial charge in [-0.3, -0.25) is 4.79 Å². The molecule has 1 unspecified atom stereocenters. The van der Waals surface area contributed by atoms with E-state index < -0.39 is 0 Å². The molecule has 1 amide bonds. The highest BCUT2D eigenvalue weighted by Gasteiger charge is 2.32. The van der Waals surface area contributed by atoms with Crippen molar-refractivity contribution in [3.05, 3.63) is 53.6 Å². The zero-order valence-corrected chi connectivity index (χ0v) is 19.2. The van der Waals surface area contributed by atoms with Gasteiger partial charge in [0.05, 0.1) is 16.1 Å². The number of hydrogen-bond donors (Lipinski definition) is 0. The van der Waals surface area contributed by atoms with Crippen LogP contribution in [0, 0.1) is 19.8 Å². The molecule has 0 aliphatic carbocycles. The fourth-order valence-electron chi connectivity index (χ4n) is 4.93. The second-order valence-corrected chi connectivity index (χ2v) is 9.87. The van der Waals surface area contributed by atoms with Crippen LogP contribution < -0.4 is 9.80 Å². The molecule has 0 spiro atoms. The second kappa shape index (κ2) is 8.50. The Morgan fingerprint density at radius 2 is 1.77 bits per heavy atom. The summed E-state index contributed by atoms with van der Waals surface area (Å²) in [6, 6.07) is 14.9. The summed E-state index contributed by atoms with van der Waals surface area (Å²) in [5, 5.41) is 1.06. The van der Waals surface area contributed by atoms with Gasteiger partial charge in [0.1, 0.15) is 0 Å². The maximum Gasteiger partial charge on any atom is 0.227 e. The summed E-state index contributed by atoms with van der Waals surface area (Å²) >= 11 is 1.76. The Kier molecular flexibility index (Phi) is 5.57. The lowest BCUT2D eigenvalue weighted by atomic mass is 9.96. The van der Waals surface area contributed by atoms with Crippen molar-refractivity contribution in [3.63, 3.8) is 0 Å². The van der Waals surface area contributed by atoms with Crippen molar-refractivity contribution in [2.75, 3.05) is 49.1 Å². The fourth-order valence-corrected chi connectivity index (χ4v) is 6.11. The molecule has 2 aromatic carbocycles. The lowest BCUT2D eigenvalue weighted by Crippen LogP contribution is -2.52. The smallest absolute Gasteiger partial charge is 0.227 e. The largest absolute Gasteiger partial charge is 0.368 e. The topological polar surface area (TPSA) is 39.7 Å². The quantitative estimate of drug-likeness (QED) is 0.609. The Labute approximate surface area is 188 Å². The van der Waals surface area contributed by atoms with E-state index in [0.717, 1.165) is 62.8 Å². The molecular formula is C25H30N4OS. The van der Waals surface area contributed by atoms with Crippen LogP contribution in [0.5, 0.6) is 0 Å². The summed E-state index contributed by atoms with van der Waals surface area (Å²) < 4.78 is 1.25. The summed E-state index contributed by atoms with van der Waals surface area (Å²) in [6.07, 6.45) is 2.03. The van der Waals surface area contributed by atoms with Gasteiger partial charge in [-0.1, -0.05) is 35.6 Å². The van der Waals surface area contributed by atoms with E-state index in [1.165, 1.54) is 21.5 Å². The highest BCUT2D eigenvalue weighted by molar-refractivity contribution is 7.22. The third-order valence-corrected chi connectivity index (χ3v) is 7.64. The van der Waals surface area contributed by atoms with Crippen LogP contribution in [0.1, 0.15) is 24.0 Å². The van der Waals surface area contributed by atoms with Crippen molar-refractivity contribution < 1.29 is 4.79 Å². The molecule has 3 aromatic rings. The first-order valence-corrected chi connectivity index (χ1v) is 12.1. The Morgan fingerprint density at radius 1 is 1.00 bits per heavy atom. The number of anilines is 2. The zero-order valence-electron chi connectivity index (χ0n) is 18.4. The molecule has 0 N–H and O–H groups in total. The summed E-state index contributed by atoms with van der Waals surface area (Å²) in [5.74, 6) is 0.400. The van der Waals surface area contributed by atoms with Gasteiger partial charge in [-0.25, -0.2) is 4.98 Å². The van der Waals surface area contributed by atoms with E-state index in [1.54, 1.807) is 11.3 Å². The molecule has 5 nitrogen and oxygen atoms in total.